The summed E-state index contributed by atoms with van der Waals surface area (Å²) in [5.41, 5.74) is 1.10. The average molecular weight is 327 g/mol. The van der Waals surface area contributed by atoms with Crippen LogP contribution >= 0.6 is 0 Å². The monoisotopic (exact) mass is 327 g/mol. The van der Waals surface area contributed by atoms with Crippen molar-refractivity contribution < 1.29 is 14.3 Å². The Morgan fingerprint density at radius 2 is 1.96 bits per heavy atom. The molecule has 4 heteroatoms. The van der Waals surface area contributed by atoms with Crippen molar-refractivity contribution in [3.63, 3.8) is 0 Å². The number of benzene rings is 2. The van der Waals surface area contributed by atoms with Crippen LogP contribution in [0, 0.1) is 5.92 Å². The van der Waals surface area contributed by atoms with E-state index in [2.05, 4.69) is 35.6 Å². The Bertz CT molecular complexity index is 679. The van der Waals surface area contributed by atoms with Crippen molar-refractivity contribution in [3.8, 4) is 0 Å². The van der Waals surface area contributed by atoms with Gasteiger partial charge in [-0.2, -0.15) is 0 Å². The van der Waals surface area contributed by atoms with E-state index in [1.807, 2.05) is 19.1 Å². The maximum Gasteiger partial charge on any atom is 0.246 e. The number of hydrogen-bond acceptors (Lipinski definition) is 3. The first-order valence-corrected chi connectivity index (χ1v) is 8.66. The van der Waals surface area contributed by atoms with Crippen LogP contribution in [0.1, 0.15) is 31.4 Å². The van der Waals surface area contributed by atoms with Crippen LogP contribution in [-0.2, 0) is 14.3 Å². The molecule has 1 N–H and O–H groups in total. The Kier molecular flexibility index (Phi) is 5.83. The van der Waals surface area contributed by atoms with Gasteiger partial charge in [-0.25, -0.2) is 0 Å². The minimum atomic E-state index is -0.0669. The number of rotatable bonds is 6. The summed E-state index contributed by atoms with van der Waals surface area (Å²) in [5, 5.41) is 5.40. The van der Waals surface area contributed by atoms with Crippen molar-refractivity contribution in [1.82, 2.24) is 5.32 Å². The van der Waals surface area contributed by atoms with Crippen molar-refractivity contribution >= 4 is 16.7 Å². The van der Waals surface area contributed by atoms with Gasteiger partial charge in [-0.15, -0.1) is 0 Å². The molecule has 0 unspecified atom stereocenters. The topological polar surface area (TPSA) is 47.6 Å². The minimum Gasteiger partial charge on any atom is -0.381 e. The molecular weight excluding hydrogens is 302 g/mol. The van der Waals surface area contributed by atoms with Gasteiger partial charge in [0.1, 0.15) is 6.61 Å². The highest BCUT2D eigenvalue weighted by Gasteiger charge is 2.15. The van der Waals surface area contributed by atoms with E-state index in [9.17, 15) is 4.79 Å². The zero-order chi connectivity index (χ0) is 16.8. The number of nitrogens with one attached hydrogen (secondary N) is 1. The maximum absolute atomic E-state index is 12.1. The lowest BCUT2D eigenvalue weighted by Gasteiger charge is -2.22. The molecule has 0 saturated carbocycles. The zero-order valence-corrected chi connectivity index (χ0v) is 14.2. The highest BCUT2D eigenvalue weighted by molar-refractivity contribution is 5.83. The van der Waals surface area contributed by atoms with Gasteiger partial charge >= 0.3 is 0 Å². The molecule has 0 spiro atoms. The second-order valence-electron chi connectivity index (χ2n) is 6.47. The third-order valence-corrected chi connectivity index (χ3v) is 4.58. The van der Waals surface area contributed by atoms with E-state index in [0.717, 1.165) is 31.6 Å². The van der Waals surface area contributed by atoms with Crippen molar-refractivity contribution in [2.75, 3.05) is 26.4 Å². The van der Waals surface area contributed by atoms with E-state index < -0.39 is 0 Å². The van der Waals surface area contributed by atoms with Gasteiger partial charge in [-0.3, -0.25) is 4.79 Å². The molecular formula is C20H25NO3. The molecule has 2 aromatic rings. The van der Waals surface area contributed by atoms with Crippen molar-refractivity contribution in [3.05, 3.63) is 48.0 Å². The molecule has 4 nitrogen and oxygen atoms in total. The van der Waals surface area contributed by atoms with E-state index in [-0.39, 0.29) is 18.6 Å². The molecule has 0 aliphatic carbocycles. The Labute approximate surface area is 143 Å². The normalized spacial score (nSPS) is 16.9. The summed E-state index contributed by atoms with van der Waals surface area (Å²) in [6.45, 7) is 4.37. The molecule has 1 saturated heterocycles. The van der Waals surface area contributed by atoms with Gasteiger partial charge in [-0.05, 0) is 48.1 Å². The zero-order valence-electron chi connectivity index (χ0n) is 14.2. The minimum absolute atomic E-state index is 0.0335. The number of carbonyl (C=O) groups is 1. The Morgan fingerprint density at radius 1 is 1.21 bits per heavy atom. The third kappa shape index (κ3) is 4.56. The van der Waals surface area contributed by atoms with Crippen LogP contribution in [0.5, 0.6) is 0 Å². The fourth-order valence-electron chi connectivity index (χ4n) is 3.07. The van der Waals surface area contributed by atoms with Crippen LogP contribution in [-0.4, -0.2) is 32.3 Å². The average Bonchev–Trinajstić information content (AvgIpc) is 2.62. The van der Waals surface area contributed by atoms with Gasteiger partial charge in [0.2, 0.25) is 5.91 Å². The molecule has 0 radical (unpaired) electrons. The molecule has 1 amide bonds. The number of fused-ring (bicyclic) bond motifs is 1. The van der Waals surface area contributed by atoms with Gasteiger partial charge in [0.25, 0.3) is 0 Å². The van der Waals surface area contributed by atoms with Crippen molar-refractivity contribution in [1.29, 1.82) is 0 Å². The smallest absolute Gasteiger partial charge is 0.246 e. The van der Waals surface area contributed by atoms with Gasteiger partial charge in [0, 0.05) is 13.2 Å². The largest absolute Gasteiger partial charge is 0.381 e. The Morgan fingerprint density at radius 3 is 2.75 bits per heavy atom. The number of amides is 1. The summed E-state index contributed by atoms with van der Waals surface area (Å²) >= 11 is 0. The lowest BCUT2D eigenvalue weighted by Crippen LogP contribution is -2.31. The van der Waals surface area contributed by atoms with E-state index in [0.29, 0.717) is 12.5 Å². The second-order valence-corrected chi connectivity index (χ2v) is 6.47. The SMILES string of the molecule is C[C@H](NC(=O)COCC1CCOCC1)c1ccc2ccccc2c1. The van der Waals surface area contributed by atoms with Gasteiger partial charge in [0.15, 0.2) is 0 Å². The van der Waals surface area contributed by atoms with Crippen molar-refractivity contribution in [2.45, 2.75) is 25.8 Å². The fraction of sp³-hybridized carbons (Fsp3) is 0.450. The predicted octanol–water partition coefficient (Wildman–Crippen LogP) is 3.46. The molecule has 24 heavy (non-hydrogen) atoms. The molecule has 1 heterocycles. The number of ether oxygens (including phenoxy) is 2. The highest BCUT2D eigenvalue weighted by atomic mass is 16.5. The van der Waals surface area contributed by atoms with Gasteiger partial charge in [-0.1, -0.05) is 36.4 Å². The summed E-state index contributed by atoms with van der Waals surface area (Å²) in [7, 11) is 0. The molecule has 1 fully saturated rings. The van der Waals surface area contributed by atoms with Gasteiger partial charge < -0.3 is 14.8 Å². The van der Waals surface area contributed by atoms with Crippen LogP contribution in [0.4, 0.5) is 0 Å². The summed E-state index contributed by atoms with van der Waals surface area (Å²) in [6.07, 6.45) is 2.05. The van der Waals surface area contributed by atoms with Crippen LogP contribution in [0.2, 0.25) is 0 Å². The first-order chi connectivity index (χ1) is 11.7. The molecule has 0 bridgehead atoms. The second kappa shape index (κ2) is 8.27. The summed E-state index contributed by atoms with van der Waals surface area (Å²) in [4.78, 5) is 12.1. The molecule has 0 aromatic heterocycles. The van der Waals surface area contributed by atoms with Crippen molar-refractivity contribution in [2.24, 2.45) is 5.92 Å². The first-order valence-electron chi connectivity index (χ1n) is 8.66. The van der Waals surface area contributed by atoms with E-state index in [1.54, 1.807) is 0 Å². The summed E-state index contributed by atoms with van der Waals surface area (Å²) in [6, 6.07) is 14.5. The molecule has 1 aliphatic rings. The molecule has 1 aliphatic heterocycles. The van der Waals surface area contributed by atoms with E-state index >= 15 is 0 Å². The summed E-state index contributed by atoms with van der Waals surface area (Å²) in [5.74, 6) is 0.451. The van der Waals surface area contributed by atoms with Crippen LogP contribution in [0.25, 0.3) is 10.8 Å². The van der Waals surface area contributed by atoms with Gasteiger partial charge in [0.05, 0.1) is 12.6 Å². The molecule has 1 atom stereocenters. The number of carbonyl (C=O) groups excluding carboxylic acids is 1. The highest BCUT2D eigenvalue weighted by Crippen LogP contribution is 2.20. The van der Waals surface area contributed by atoms with Crippen LogP contribution in [0.3, 0.4) is 0 Å². The summed E-state index contributed by atoms with van der Waals surface area (Å²) < 4.78 is 10.9. The lowest BCUT2D eigenvalue weighted by atomic mass is 10.0. The maximum atomic E-state index is 12.1. The molecule has 3 rings (SSSR count). The quantitative estimate of drug-likeness (QED) is 0.884. The Hall–Kier alpha value is -1.91. The van der Waals surface area contributed by atoms with Crippen LogP contribution < -0.4 is 5.32 Å². The Balaban J connectivity index is 1.47. The first kappa shape index (κ1) is 16.9. The number of hydrogen-bond donors (Lipinski definition) is 1. The molecule has 2 aromatic carbocycles. The standard InChI is InChI=1S/C20H25NO3/c1-15(18-7-6-17-4-2-3-5-19(17)12-18)21-20(22)14-24-13-16-8-10-23-11-9-16/h2-7,12,15-16H,8-11,13-14H2,1H3,(H,21,22)/t15-/m0/s1. The van der Waals surface area contributed by atoms with E-state index in [1.165, 1.54) is 10.8 Å². The predicted molar refractivity (Wildman–Crippen MR) is 94.9 cm³/mol. The third-order valence-electron chi connectivity index (χ3n) is 4.58. The molecule has 128 valence electrons. The van der Waals surface area contributed by atoms with E-state index in [4.69, 9.17) is 9.47 Å². The lowest BCUT2D eigenvalue weighted by molar-refractivity contribution is -0.127. The van der Waals surface area contributed by atoms with Crippen LogP contribution in [0.15, 0.2) is 42.5 Å². The fourth-order valence-corrected chi connectivity index (χ4v) is 3.07.